The number of benzene rings is 2. The second-order valence-corrected chi connectivity index (χ2v) is 7.03. The van der Waals surface area contributed by atoms with Gasteiger partial charge in [-0.2, -0.15) is 0 Å². The Kier molecular flexibility index (Phi) is 4.71. The maximum atomic E-state index is 13.1. The first kappa shape index (κ1) is 17.6. The molecule has 0 aliphatic rings. The first-order chi connectivity index (χ1) is 12.4. The van der Waals surface area contributed by atoms with Crippen LogP contribution < -0.4 is 5.43 Å². The number of hydrogen-bond donors (Lipinski definition) is 1. The number of hydrazine groups is 1. The summed E-state index contributed by atoms with van der Waals surface area (Å²) in [4.78, 5) is 29.9. The Morgan fingerprint density at radius 3 is 2.35 bits per heavy atom. The predicted molar refractivity (Wildman–Crippen MR) is 102 cm³/mol. The fourth-order valence-electron chi connectivity index (χ4n) is 2.62. The van der Waals surface area contributed by atoms with Crippen LogP contribution in [0.4, 0.5) is 0 Å². The van der Waals surface area contributed by atoms with E-state index in [1.165, 1.54) is 5.01 Å². The Morgan fingerprint density at radius 1 is 0.923 bits per heavy atom. The van der Waals surface area contributed by atoms with Crippen molar-refractivity contribution in [3.05, 3.63) is 78.0 Å². The second kappa shape index (κ2) is 6.96. The van der Waals surface area contributed by atoms with Crippen molar-refractivity contribution < 1.29 is 9.59 Å². The standard InChI is InChI=1S/C21H21N3O2/c1-21(2,3)24(23-19(25)15-8-5-4-6-9-15)20(26)17-11-12-18-16(14-17)10-7-13-22-18/h4-14H,1-3H3,(H,23,25). The van der Waals surface area contributed by atoms with Gasteiger partial charge in [-0.3, -0.25) is 20.0 Å². The van der Waals surface area contributed by atoms with Gasteiger partial charge in [-0.25, -0.2) is 5.01 Å². The Morgan fingerprint density at radius 2 is 1.65 bits per heavy atom. The van der Waals surface area contributed by atoms with Gasteiger partial charge >= 0.3 is 0 Å². The molecule has 2 amide bonds. The van der Waals surface area contributed by atoms with Crippen LogP contribution >= 0.6 is 0 Å². The lowest BCUT2D eigenvalue weighted by Crippen LogP contribution is -2.55. The number of carbonyl (C=O) groups excluding carboxylic acids is 2. The van der Waals surface area contributed by atoms with Crippen LogP contribution in [0.2, 0.25) is 0 Å². The number of rotatable bonds is 2. The van der Waals surface area contributed by atoms with Gasteiger partial charge in [0, 0.05) is 22.7 Å². The zero-order valence-electron chi connectivity index (χ0n) is 15.1. The van der Waals surface area contributed by atoms with Crippen LogP contribution in [0.3, 0.4) is 0 Å². The molecule has 2 aromatic carbocycles. The summed E-state index contributed by atoms with van der Waals surface area (Å²) in [7, 11) is 0. The Bertz CT molecular complexity index is 946. The lowest BCUT2D eigenvalue weighted by molar-refractivity contribution is 0.0359. The highest BCUT2D eigenvalue weighted by atomic mass is 16.2. The van der Waals surface area contributed by atoms with E-state index in [9.17, 15) is 9.59 Å². The SMILES string of the molecule is CC(C)(C)N(NC(=O)c1ccccc1)C(=O)c1ccc2ncccc2c1. The van der Waals surface area contributed by atoms with Crippen LogP contribution in [0.15, 0.2) is 66.9 Å². The summed E-state index contributed by atoms with van der Waals surface area (Å²) in [6.07, 6.45) is 1.71. The third-order valence-corrected chi connectivity index (χ3v) is 3.97. The Balaban J connectivity index is 1.91. The van der Waals surface area contributed by atoms with Gasteiger partial charge in [-0.1, -0.05) is 24.3 Å². The number of amides is 2. The average Bonchev–Trinajstić information content (AvgIpc) is 2.64. The summed E-state index contributed by atoms with van der Waals surface area (Å²) in [5, 5.41) is 2.25. The first-order valence-corrected chi connectivity index (χ1v) is 8.41. The van der Waals surface area contributed by atoms with Gasteiger partial charge in [0.05, 0.1) is 11.1 Å². The predicted octanol–water partition coefficient (Wildman–Crippen LogP) is 3.82. The maximum Gasteiger partial charge on any atom is 0.272 e. The fourth-order valence-corrected chi connectivity index (χ4v) is 2.62. The monoisotopic (exact) mass is 347 g/mol. The first-order valence-electron chi connectivity index (χ1n) is 8.41. The fraction of sp³-hybridized carbons (Fsp3) is 0.190. The van der Waals surface area contributed by atoms with Crippen LogP contribution in [0.5, 0.6) is 0 Å². The molecule has 0 radical (unpaired) electrons. The summed E-state index contributed by atoms with van der Waals surface area (Å²) in [6, 6.07) is 17.9. The third-order valence-electron chi connectivity index (χ3n) is 3.97. The molecule has 3 rings (SSSR count). The van der Waals surface area contributed by atoms with Gasteiger partial charge in [0.2, 0.25) is 0 Å². The number of aromatic nitrogens is 1. The van der Waals surface area contributed by atoms with Crippen molar-refractivity contribution >= 4 is 22.7 Å². The number of fused-ring (bicyclic) bond motifs is 1. The molecule has 1 heterocycles. The van der Waals surface area contributed by atoms with Gasteiger partial charge < -0.3 is 0 Å². The van der Waals surface area contributed by atoms with Crippen molar-refractivity contribution in [2.24, 2.45) is 0 Å². The smallest absolute Gasteiger partial charge is 0.267 e. The quantitative estimate of drug-likeness (QED) is 0.717. The molecule has 0 fully saturated rings. The van der Waals surface area contributed by atoms with Gasteiger partial charge in [0.25, 0.3) is 11.8 Å². The lowest BCUT2D eigenvalue weighted by atomic mass is 10.0. The van der Waals surface area contributed by atoms with E-state index in [1.807, 2.05) is 45.0 Å². The van der Waals surface area contributed by atoms with Crippen molar-refractivity contribution in [2.45, 2.75) is 26.3 Å². The molecule has 3 aromatic rings. The summed E-state index contributed by atoms with van der Waals surface area (Å²) in [5.74, 6) is -0.594. The molecule has 5 nitrogen and oxygen atoms in total. The van der Waals surface area contributed by atoms with E-state index in [4.69, 9.17) is 0 Å². The van der Waals surface area contributed by atoms with E-state index in [2.05, 4.69) is 10.4 Å². The summed E-state index contributed by atoms with van der Waals surface area (Å²) < 4.78 is 0. The Hall–Kier alpha value is -3.21. The van der Waals surface area contributed by atoms with E-state index in [-0.39, 0.29) is 11.8 Å². The summed E-state index contributed by atoms with van der Waals surface area (Å²) in [6.45, 7) is 5.62. The molecule has 0 spiro atoms. The average molecular weight is 347 g/mol. The number of nitrogens with one attached hydrogen (secondary N) is 1. The van der Waals surface area contributed by atoms with Crippen LogP contribution in [-0.4, -0.2) is 27.3 Å². The number of pyridine rings is 1. The topological polar surface area (TPSA) is 62.3 Å². The normalized spacial score (nSPS) is 11.2. The highest BCUT2D eigenvalue weighted by molar-refractivity contribution is 6.01. The van der Waals surface area contributed by atoms with Crippen molar-refractivity contribution in [3.8, 4) is 0 Å². The Labute approximate surface area is 152 Å². The zero-order valence-corrected chi connectivity index (χ0v) is 15.1. The largest absolute Gasteiger partial charge is 0.272 e. The molecule has 0 unspecified atom stereocenters. The second-order valence-electron chi connectivity index (χ2n) is 7.03. The van der Waals surface area contributed by atoms with Gasteiger partial charge in [-0.15, -0.1) is 0 Å². The molecule has 0 aliphatic heterocycles. The molecule has 1 aromatic heterocycles. The minimum absolute atomic E-state index is 0.271. The van der Waals surface area contributed by atoms with Gasteiger partial charge in [0.1, 0.15) is 0 Å². The molecule has 26 heavy (non-hydrogen) atoms. The van der Waals surface area contributed by atoms with Gasteiger partial charge in [-0.05, 0) is 57.2 Å². The lowest BCUT2D eigenvalue weighted by Gasteiger charge is -2.35. The molecular formula is C21H21N3O2. The highest BCUT2D eigenvalue weighted by Gasteiger charge is 2.29. The van der Waals surface area contributed by atoms with Crippen LogP contribution in [0.1, 0.15) is 41.5 Å². The van der Waals surface area contributed by atoms with Crippen molar-refractivity contribution in [3.63, 3.8) is 0 Å². The van der Waals surface area contributed by atoms with Crippen molar-refractivity contribution in [2.75, 3.05) is 0 Å². The van der Waals surface area contributed by atoms with Crippen molar-refractivity contribution in [1.29, 1.82) is 0 Å². The van der Waals surface area contributed by atoms with Crippen molar-refractivity contribution in [1.82, 2.24) is 15.4 Å². The minimum atomic E-state index is -0.592. The number of hydrogen-bond acceptors (Lipinski definition) is 3. The van der Waals surface area contributed by atoms with Crippen LogP contribution in [-0.2, 0) is 0 Å². The number of carbonyl (C=O) groups is 2. The third kappa shape index (κ3) is 3.72. The van der Waals surface area contributed by atoms with E-state index in [1.54, 1.807) is 42.6 Å². The maximum absolute atomic E-state index is 13.1. The summed E-state index contributed by atoms with van der Waals surface area (Å²) in [5.41, 5.74) is 3.97. The number of nitrogens with zero attached hydrogens (tertiary/aromatic N) is 2. The summed E-state index contributed by atoms with van der Waals surface area (Å²) >= 11 is 0. The molecule has 0 aliphatic carbocycles. The molecule has 0 bridgehead atoms. The highest BCUT2D eigenvalue weighted by Crippen LogP contribution is 2.19. The van der Waals surface area contributed by atoms with Gasteiger partial charge in [0.15, 0.2) is 0 Å². The molecule has 0 atom stereocenters. The van der Waals surface area contributed by atoms with E-state index >= 15 is 0 Å². The molecule has 0 saturated heterocycles. The molecule has 132 valence electrons. The molecule has 0 saturated carbocycles. The zero-order chi connectivity index (χ0) is 18.7. The van der Waals surface area contributed by atoms with Crippen LogP contribution in [0, 0.1) is 0 Å². The van der Waals surface area contributed by atoms with E-state index < -0.39 is 5.54 Å². The van der Waals surface area contributed by atoms with E-state index in [0.29, 0.717) is 11.1 Å². The van der Waals surface area contributed by atoms with Crippen LogP contribution in [0.25, 0.3) is 10.9 Å². The minimum Gasteiger partial charge on any atom is -0.267 e. The molecular weight excluding hydrogens is 326 g/mol. The molecule has 5 heteroatoms. The molecule has 1 N–H and O–H groups in total. The van der Waals surface area contributed by atoms with E-state index in [0.717, 1.165) is 10.9 Å².